The third-order valence-electron chi connectivity index (χ3n) is 2.99. The van der Waals surface area contributed by atoms with Gasteiger partial charge < -0.3 is 10.5 Å². The van der Waals surface area contributed by atoms with E-state index >= 15 is 0 Å². The van der Waals surface area contributed by atoms with Gasteiger partial charge in [0.2, 0.25) is 5.95 Å². The largest absolute Gasteiger partial charge is 0.379 e. The van der Waals surface area contributed by atoms with Crippen molar-refractivity contribution in [1.29, 1.82) is 0 Å². The first kappa shape index (κ1) is 13.8. The average Bonchev–Trinajstić information content (AvgIpc) is 2.65. The number of nitrogen functional groups attached to an aromatic ring is 1. The van der Waals surface area contributed by atoms with E-state index in [1.54, 1.807) is 0 Å². The van der Waals surface area contributed by atoms with Crippen LogP contribution in [0.25, 0.3) is 11.2 Å². The van der Waals surface area contributed by atoms with E-state index in [4.69, 9.17) is 10.5 Å². The molecule has 0 fully saturated rings. The van der Waals surface area contributed by atoms with Crippen molar-refractivity contribution in [3.63, 3.8) is 0 Å². The van der Waals surface area contributed by atoms with E-state index < -0.39 is 0 Å². The van der Waals surface area contributed by atoms with Crippen molar-refractivity contribution < 1.29 is 4.74 Å². The molecule has 2 heterocycles. The Labute approximate surface area is 113 Å². The third kappa shape index (κ3) is 3.44. The Hall–Kier alpha value is -1.62. The summed E-state index contributed by atoms with van der Waals surface area (Å²) < 4.78 is 7.51. The maximum absolute atomic E-state index is 5.95. The summed E-state index contributed by atoms with van der Waals surface area (Å²) in [6, 6.07) is 3.92. The summed E-state index contributed by atoms with van der Waals surface area (Å²) in [6.45, 7) is 7.70. The van der Waals surface area contributed by atoms with Crippen molar-refractivity contribution in [3.8, 4) is 0 Å². The first-order valence-corrected chi connectivity index (χ1v) is 6.79. The van der Waals surface area contributed by atoms with Crippen molar-refractivity contribution in [1.82, 2.24) is 14.5 Å². The van der Waals surface area contributed by atoms with E-state index in [0.29, 0.717) is 12.1 Å². The lowest BCUT2D eigenvalue weighted by Gasteiger charge is -2.08. The lowest BCUT2D eigenvalue weighted by molar-refractivity contribution is 0.0755. The number of hydrogen-bond donors (Lipinski definition) is 1. The van der Waals surface area contributed by atoms with Crippen LogP contribution in [0.2, 0.25) is 0 Å². The quantitative estimate of drug-likeness (QED) is 0.812. The molecule has 104 valence electrons. The summed E-state index contributed by atoms with van der Waals surface area (Å²) in [6.07, 6.45) is 2.32. The Bertz CT molecular complexity index is 548. The number of anilines is 1. The van der Waals surface area contributed by atoms with Gasteiger partial charge in [0.15, 0.2) is 5.65 Å². The fourth-order valence-corrected chi connectivity index (χ4v) is 2.03. The van der Waals surface area contributed by atoms with Gasteiger partial charge in [0, 0.05) is 18.8 Å². The molecule has 0 saturated heterocycles. The smallest absolute Gasteiger partial charge is 0.202 e. The van der Waals surface area contributed by atoms with Gasteiger partial charge in [-0.3, -0.25) is 4.57 Å². The van der Waals surface area contributed by atoms with Crippen LogP contribution in [0.5, 0.6) is 0 Å². The predicted octanol–water partition coefficient (Wildman–Crippen LogP) is 2.53. The molecule has 0 saturated carbocycles. The molecule has 0 aliphatic heterocycles. The lowest BCUT2D eigenvalue weighted by Crippen LogP contribution is -2.07. The van der Waals surface area contributed by atoms with Crippen LogP contribution in [0.1, 0.15) is 32.4 Å². The van der Waals surface area contributed by atoms with E-state index in [-0.39, 0.29) is 0 Å². The molecule has 0 aliphatic carbocycles. The van der Waals surface area contributed by atoms with E-state index in [2.05, 4.69) is 9.97 Å². The molecule has 2 N–H and O–H groups in total. The zero-order valence-corrected chi connectivity index (χ0v) is 11.9. The van der Waals surface area contributed by atoms with Crippen molar-refractivity contribution >= 4 is 17.1 Å². The normalized spacial score (nSPS) is 11.6. The Kier molecular flexibility index (Phi) is 4.37. The van der Waals surface area contributed by atoms with Gasteiger partial charge in [0.05, 0.1) is 6.10 Å². The molecular weight excluding hydrogens is 240 g/mol. The highest BCUT2D eigenvalue weighted by molar-refractivity contribution is 5.74. The maximum Gasteiger partial charge on any atom is 0.202 e. The SMILES string of the molecule is Cc1ccc2nc(N)n(CCCCOC(C)C)c2n1. The second kappa shape index (κ2) is 6.02. The third-order valence-corrected chi connectivity index (χ3v) is 2.99. The topological polar surface area (TPSA) is 66.0 Å². The zero-order chi connectivity index (χ0) is 13.8. The Morgan fingerprint density at radius 1 is 1.26 bits per heavy atom. The molecule has 2 aromatic rings. The van der Waals surface area contributed by atoms with E-state index in [1.807, 2.05) is 37.5 Å². The highest BCUT2D eigenvalue weighted by Crippen LogP contribution is 2.17. The van der Waals surface area contributed by atoms with Crippen molar-refractivity contribution in [2.24, 2.45) is 0 Å². The number of aromatic nitrogens is 3. The molecule has 0 unspecified atom stereocenters. The van der Waals surface area contributed by atoms with Crippen LogP contribution >= 0.6 is 0 Å². The van der Waals surface area contributed by atoms with Crippen molar-refractivity contribution in [2.75, 3.05) is 12.3 Å². The van der Waals surface area contributed by atoms with Crippen LogP contribution in [-0.4, -0.2) is 27.2 Å². The van der Waals surface area contributed by atoms with E-state index in [9.17, 15) is 0 Å². The summed E-state index contributed by atoms with van der Waals surface area (Å²) in [5, 5.41) is 0. The molecule has 2 rings (SSSR count). The van der Waals surface area contributed by atoms with Gasteiger partial charge in [-0.1, -0.05) is 0 Å². The molecular formula is C14H22N4O. The number of hydrogen-bond acceptors (Lipinski definition) is 4. The van der Waals surface area contributed by atoms with Crippen molar-refractivity contribution in [2.45, 2.75) is 46.3 Å². The number of fused-ring (bicyclic) bond motifs is 1. The predicted molar refractivity (Wildman–Crippen MR) is 77.0 cm³/mol. The Morgan fingerprint density at radius 2 is 2.05 bits per heavy atom. The fraction of sp³-hybridized carbons (Fsp3) is 0.571. The number of aryl methyl sites for hydroxylation is 2. The number of pyridine rings is 1. The summed E-state index contributed by atoms with van der Waals surface area (Å²) in [7, 11) is 0. The van der Waals surface area contributed by atoms with Gasteiger partial charge in [0.25, 0.3) is 0 Å². The summed E-state index contributed by atoms with van der Waals surface area (Å²) in [5.41, 5.74) is 8.67. The molecule has 2 aromatic heterocycles. The highest BCUT2D eigenvalue weighted by Gasteiger charge is 2.09. The standard InChI is InChI=1S/C14H22N4O/c1-10(2)19-9-5-4-8-18-13-12(17-14(18)15)7-6-11(3)16-13/h6-7,10H,4-5,8-9H2,1-3H3,(H2,15,17). The summed E-state index contributed by atoms with van der Waals surface area (Å²) in [5.74, 6) is 0.540. The molecule has 5 heteroatoms. The van der Waals surface area contributed by atoms with Gasteiger partial charge in [-0.25, -0.2) is 9.97 Å². The number of rotatable bonds is 6. The number of imidazole rings is 1. The van der Waals surface area contributed by atoms with E-state index in [0.717, 1.165) is 42.9 Å². The minimum absolute atomic E-state index is 0.295. The molecule has 0 spiro atoms. The lowest BCUT2D eigenvalue weighted by atomic mass is 10.3. The molecule has 0 amide bonds. The molecule has 0 atom stereocenters. The van der Waals surface area contributed by atoms with Crippen molar-refractivity contribution in [3.05, 3.63) is 17.8 Å². The van der Waals surface area contributed by atoms with Crippen LogP contribution in [0, 0.1) is 6.92 Å². The van der Waals surface area contributed by atoms with Crippen LogP contribution in [0.3, 0.4) is 0 Å². The first-order chi connectivity index (χ1) is 9.08. The van der Waals surface area contributed by atoms with Gasteiger partial charge >= 0.3 is 0 Å². The Balaban J connectivity index is 2.00. The molecule has 0 bridgehead atoms. The van der Waals surface area contributed by atoms with Gasteiger partial charge in [0.1, 0.15) is 5.52 Å². The molecule has 19 heavy (non-hydrogen) atoms. The number of nitrogens with zero attached hydrogens (tertiary/aromatic N) is 3. The van der Waals surface area contributed by atoms with Crippen LogP contribution in [0.4, 0.5) is 5.95 Å². The second-order valence-electron chi connectivity index (χ2n) is 5.04. The van der Waals surface area contributed by atoms with E-state index in [1.165, 1.54) is 0 Å². The fourth-order valence-electron chi connectivity index (χ4n) is 2.03. The van der Waals surface area contributed by atoms with Gasteiger partial charge in [-0.2, -0.15) is 0 Å². The number of nitrogens with two attached hydrogens (primary N) is 1. The molecule has 0 radical (unpaired) electrons. The Morgan fingerprint density at radius 3 is 2.79 bits per heavy atom. The maximum atomic E-state index is 5.95. The first-order valence-electron chi connectivity index (χ1n) is 6.79. The highest BCUT2D eigenvalue weighted by atomic mass is 16.5. The summed E-state index contributed by atoms with van der Waals surface area (Å²) >= 11 is 0. The van der Waals surface area contributed by atoms with Crippen LogP contribution < -0.4 is 5.73 Å². The van der Waals surface area contributed by atoms with Gasteiger partial charge in [-0.15, -0.1) is 0 Å². The van der Waals surface area contributed by atoms with Gasteiger partial charge in [-0.05, 0) is 45.7 Å². The minimum Gasteiger partial charge on any atom is -0.379 e. The summed E-state index contributed by atoms with van der Waals surface area (Å²) in [4.78, 5) is 8.84. The minimum atomic E-state index is 0.295. The zero-order valence-electron chi connectivity index (χ0n) is 11.9. The number of ether oxygens (including phenoxy) is 1. The number of unbranched alkanes of at least 4 members (excludes halogenated alkanes) is 1. The molecule has 0 aromatic carbocycles. The molecule has 0 aliphatic rings. The average molecular weight is 262 g/mol. The molecule has 5 nitrogen and oxygen atoms in total. The van der Waals surface area contributed by atoms with Crippen LogP contribution in [-0.2, 0) is 11.3 Å². The monoisotopic (exact) mass is 262 g/mol. The van der Waals surface area contributed by atoms with Crippen LogP contribution in [0.15, 0.2) is 12.1 Å². The second-order valence-corrected chi connectivity index (χ2v) is 5.04.